The van der Waals surface area contributed by atoms with Crippen molar-refractivity contribution in [2.75, 3.05) is 0 Å². The molecule has 0 N–H and O–H groups in total. The topological polar surface area (TPSA) is 0 Å². The Morgan fingerprint density at radius 1 is 0.208 bits per heavy atom. The number of benzene rings is 10. The van der Waals surface area contributed by atoms with Gasteiger partial charge in [0.05, 0.1) is 0 Å². The fourth-order valence-corrected chi connectivity index (χ4v) is 9.19. The summed E-state index contributed by atoms with van der Waals surface area (Å²) < 4.78 is 0. The van der Waals surface area contributed by atoms with Crippen molar-refractivity contribution in [1.82, 2.24) is 0 Å². The average Bonchev–Trinajstić information content (AvgIpc) is 3.63. The standard InChI is InChI=1S/C48H26/c1-2-9-27(10-3-1)37-23-40-32(20-19-30-21-39-34-15-6-12-28-13-7-16-35(47(28)34)42(39)24-38(30)40)41-25-43-36-18-8-17-33-31-14-5-4-11-29(31)22-46(48(33)36)45(43)26-44(37)41/h1-26H. The highest BCUT2D eigenvalue weighted by Gasteiger charge is 2.26. The van der Waals surface area contributed by atoms with Crippen LogP contribution in [0.2, 0.25) is 0 Å². The summed E-state index contributed by atoms with van der Waals surface area (Å²) in [5, 5.41) is 15.9. The van der Waals surface area contributed by atoms with E-state index >= 15 is 0 Å². The fraction of sp³-hybridized carbons (Fsp3) is 0. The molecule has 0 unspecified atom stereocenters. The van der Waals surface area contributed by atoms with E-state index in [9.17, 15) is 0 Å². The summed E-state index contributed by atoms with van der Waals surface area (Å²) in [6, 6.07) is 59.6. The molecule has 0 heteroatoms. The van der Waals surface area contributed by atoms with Gasteiger partial charge in [0.15, 0.2) is 0 Å². The zero-order valence-corrected chi connectivity index (χ0v) is 26.0. The molecule has 218 valence electrons. The van der Waals surface area contributed by atoms with Gasteiger partial charge >= 0.3 is 0 Å². The minimum Gasteiger partial charge on any atom is -0.0622 e. The second-order valence-electron chi connectivity index (χ2n) is 13.6. The lowest BCUT2D eigenvalue weighted by molar-refractivity contribution is 1.67. The summed E-state index contributed by atoms with van der Waals surface area (Å²) in [7, 11) is 0. The number of hydrogen-bond donors (Lipinski definition) is 0. The number of rotatable bonds is 1. The monoisotopic (exact) mass is 602 g/mol. The van der Waals surface area contributed by atoms with Crippen molar-refractivity contribution < 1.29 is 0 Å². The Labute approximate surface area is 277 Å². The highest BCUT2D eigenvalue weighted by atomic mass is 14.3. The molecule has 10 aromatic rings. The van der Waals surface area contributed by atoms with Gasteiger partial charge in [-0.1, -0.05) is 121 Å². The van der Waals surface area contributed by atoms with Crippen LogP contribution in [0.5, 0.6) is 0 Å². The summed E-state index contributed by atoms with van der Waals surface area (Å²) in [6.45, 7) is 0. The molecule has 0 saturated heterocycles. The molecule has 0 heterocycles. The zero-order chi connectivity index (χ0) is 31.1. The molecular formula is C48H26. The number of hydrogen-bond acceptors (Lipinski definition) is 0. The van der Waals surface area contributed by atoms with Gasteiger partial charge in [-0.2, -0.15) is 0 Å². The first kappa shape index (κ1) is 24.9. The Balaban J connectivity index is 1.22. The fourth-order valence-electron chi connectivity index (χ4n) is 9.19. The molecule has 48 heavy (non-hydrogen) atoms. The van der Waals surface area contributed by atoms with Crippen LogP contribution >= 0.6 is 0 Å². The Bertz CT molecular complexity index is 3080. The molecule has 0 amide bonds. The first-order valence-corrected chi connectivity index (χ1v) is 16.8. The van der Waals surface area contributed by atoms with Crippen molar-refractivity contribution in [2.24, 2.45) is 0 Å². The lowest BCUT2D eigenvalue weighted by atomic mass is 9.87. The van der Waals surface area contributed by atoms with Crippen molar-refractivity contribution in [2.45, 2.75) is 0 Å². The quantitative estimate of drug-likeness (QED) is 0.164. The van der Waals surface area contributed by atoms with Gasteiger partial charge in [0.1, 0.15) is 0 Å². The summed E-state index contributed by atoms with van der Waals surface area (Å²) in [5.41, 5.74) is 13.3. The zero-order valence-electron chi connectivity index (χ0n) is 26.0. The van der Waals surface area contributed by atoms with Crippen molar-refractivity contribution >= 4 is 64.6 Å². The predicted molar refractivity (Wildman–Crippen MR) is 206 cm³/mol. The third-order valence-electron chi connectivity index (χ3n) is 11.3. The van der Waals surface area contributed by atoms with Crippen LogP contribution in [0.1, 0.15) is 0 Å². The maximum absolute atomic E-state index is 2.49. The van der Waals surface area contributed by atoms with Crippen molar-refractivity contribution in [1.29, 1.82) is 0 Å². The van der Waals surface area contributed by atoms with Gasteiger partial charge in [-0.05, 0) is 157 Å². The molecular weight excluding hydrogens is 577 g/mol. The Morgan fingerprint density at radius 2 is 0.750 bits per heavy atom. The normalized spacial score (nSPS) is 12.6. The highest BCUT2D eigenvalue weighted by molar-refractivity contribution is 6.29. The first-order valence-electron chi connectivity index (χ1n) is 16.8. The SMILES string of the molecule is c1ccc(-c2cc3c4cc5c(cc4ccc3c3cc4c(cc23)-c2cc3ccccc3c3cccc-4c23)-c2cccc3cccc-5c23)cc1. The lowest BCUT2D eigenvalue weighted by Crippen LogP contribution is -1.89. The van der Waals surface area contributed by atoms with Crippen molar-refractivity contribution in [3.63, 3.8) is 0 Å². The van der Waals surface area contributed by atoms with E-state index in [0.29, 0.717) is 0 Å². The van der Waals surface area contributed by atoms with Gasteiger partial charge in [0, 0.05) is 0 Å². The van der Waals surface area contributed by atoms with Gasteiger partial charge in [-0.25, -0.2) is 0 Å². The molecule has 10 aromatic carbocycles. The minimum absolute atomic E-state index is 1.25. The van der Waals surface area contributed by atoms with E-state index in [-0.39, 0.29) is 0 Å². The van der Waals surface area contributed by atoms with Crippen LogP contribution in [0.25, 0.3) is 120 Å². The second kappa shape index (κ2) is 8.76. The second-order valence-corrected chi connectivity index (χ2v) is 13.6. The van der Waals surface area contributed by atoms with Crippen LogP contribution in [0, 0.1) is 0 Å². The molecule has 0 atom stereocenters. The molecule has 0 fully saturated rings. The highest BCUT2D eigenvalue weighted by Crippen LogP contribution is 2.53. The smallest absolute Gasteiger partial charge is 0.00199 e. The van der Waals surface area contributed by atoms with E-state index < -0.39 is 0 Å². The van der Waals surface area contributed by atoms with E-state index in [4.69, 9.17) is 0 Å². The van der Waals surface area contributed by atoms with Crippen LogP contribution in [0.15, 0.2) is 158 Å². The largest absolute Gasteiger partial charge is 0.0622 e. The molecule has 0 bridgehead atoms. The molecule has 0 aliphatic heterocycles. The van der Waals surface area contributed by atoms with Crippen LogP contribution in [-0.4, -0.2) is 0 Å². The van der Waals surface area contributed by atoms with Crippen LogP contribution in [0.3, 0.4) is 0 Å². The molecule has 2 aliphatic carbocycles. The molecule has 0 spiro atoms. The van der Waals surface area contributed by atoms with Gasteiger partial charge in [-0.15, -0.1) is 0 Å². The Kier molecular flexibility index (Phi) is 4.55. The van der Waals surface area contributed by atoms with E-state index in [2.05, 4.69) is 158 Å². The van der Waals surface area contributed by atoms with Gasteiger partial charge in [-0.3, -0.25) is 0 Å². The third kappa shape index (κ3) is 3.06. The maximum atomic E-state index is 2.49. The summed E-state index contributed by atoms with van der Waals surface area (Å²) in [6.07, 6.45) is 0. The summed E-state index contributed by atoms with van der Waals surface area (Å²) in [4.78, 5) is 0. The van der Waals surface area contributed by atoms with Crippen LogP contribution < -0.4 is 0 Å². The molecule has 0 aromatic heterocycles. The van der Waals surface area contributed by atoms with Gasteiger partial charge < -0.3 is 0 Å². The molecule has 12 rings (SSSR count). The Morgan fingerprint density at radius 3 is 1.58 bits per heavy atom. The minimum atomic E-state index is 1.25. The molecule has 0 radical (unpaired) electrons. The van der Waals surface area contributed by atoms with Crippen LogP contribution in [-0.2, 0) is 0 Å². The van der Waals surface area contributed by atoms with Crippen molar-refractivity contribution in [3.05, 3.63) is 158 Å². The lowest BCUT2D eigenvalue weighted by Gasteiger charge is -2.16. The van der Waals surface area contributed by atoms with E-state index in [1.807, 2.05) is 0 Å². The predicted octanol–water partition coefficient (Wildman–Crippen LogP) is 13.6. The van der Waals surface area contributed by atoms with Gasteiger partial charge in [0.25, 0.3) is 0 Å². The van der Waals surface area contributed by atoms with E-state index in [1.165, 1.54) is 120 Å². The van der Waals surface area contributed by atoms with Gasteiger partial charge in [0.2, 0.25) is 0 Å². The van der Waals surface area contributed by atoms with E-state index in [1.54, 1.807) is 0 Å². The average molecular weight is 603 g/mol. The molecule has 0 saturated carbocycles. The number of fused-ring (bicyclic) bond motifs is 13. The Hall–Kier alpha value is -6.24. The third-order valence-corrected chi connectivity index (χ3v) is 11.3. The maximum Gasteiger partial charge on any atom is -0.00199 e. The first-order chi connectivity index (χ1) is 23.8. The van der Waals surface area contributed by atoms with Crippen LogP contribution in [0.4, 0.5) is 0 Å². The summed E-state index contributed by atoms with van der Waals surface area (Å²) >= 11 is 0. The molecule has 0 nitrogen and oxygen atoms in total. The van der Waals surface area contributed by atoms with Crippen molar-refractivity contribution in [3.8, 4) is 55.6 Å². The van der Waals surface area contributed by atoms with E-state index in [0.717, 1.165) is 0 Å². The molecule has 2 aliphatic rings. The summed E-state index contributed by atoms with van der Waals surface area (Å²) in [5.74, 6) is 0.